The van der Waals surface area contributed by atoms with Gasteiger partial charge in [0, 0.05) is 13.0 Å². The van der Waals surface area contributed by atoms with Crippen LogP contribution in [0.25, 0.3) is 0 Å². The molecule has 41 heavy (non-hydrogen) atoms. The number of unbranched alkanes of at least 4 members (excludes halogenated alkanes) is 1. The maximum atomic E-state index is 13.5. The van der Waals surface area contributed by atoms with Crippen LogP contribution in [0.5, 0.6) is 5.75 Å². The molecule has 0 fully saturated rings. The summed E-state index contributed by atoms with van der Waals surface area (Å²) < 4.78 is 0. The van der Waals surface area contributed by atoms with Gasteiger partial charge in [0.1, 0.15) is 23.9 Å². The number of nitrogens with two attached hydrogens (primary N) is 4. The van der Waals surface area contributed by atoms with Gasteiger partial charge in [-0.1, -0.05) is 32.4 Å². The molecule has 1 aromatic carbocycles. The van der Waals surface area contributed by atoms with E-state index < -0.39 is 47.9 Å². The molecule has 0 spiro atoms. The van der Waals surface area contributed by atoms with E-state index in [1.165, 1.54) is 12.1 Å². The topological polar surface area (TPSA) is 261 Å². The third kappa shape index (κ3) is 14.3. The molecule has 0 aromatic heterocycles. The number of guanidine groups is 1. The summed E-state index contributed by atoms with van der Waals surface area (Å²) >= 11 is 0. The highest BCUT2D eigenvalue weighted by Gasteiger charge is 2.31. The number of rotatable bonds is 19. The fourth-order valence-electron chi connectivity index (χ4n) is 4.00. The standard InChI is InChI=1S/C27H46N8O6/c1-16(2)14-21(24(38)33-20(26(40)41)7-5-13-32-27(30)31)35-25(39)22(15-17-8-10-18(36)11-9-17)34-23(37)19(29)6-3-4-12-28/h8-11,16,19-22,36H,3-7,12-15,28-29H2,1-2H3,(H,33,38)(H,34,37)(H,35,39)(H,40,41)(H4,30,31,32). The molecule has 0 heterocycles. The number of aliphatic imine (C=N–C) groups is 1. The number of carbonyl (C=O) groups is 4. The second kappa shape index (κ2) is 18.4. The number of aromatic hydroxyl groups is 1. The number of benzene rings is 1. The van der Waals surface area contributed by atoms with E-state index in [-0.39, 0.29) is 43.4 Å². The number of aliphatic carboxylic acids is 1. The molecule has 230 valence electrons. The van der Waals surface area contributed by atoms with Crippen LogP contribution in [-0.2, 0) is 25.6 Å². The van der Waals surface area contributed by atoms with Crippen LogP contribution in [0.1, 0.15) is 57.9 Å². The van der Waals surface area contributed by atoms with Crippen LogP contribution < -0.4 is 38.9 Å². The molecule has 0 aliphatic heterocycles. The van der Waals surface area contributed by atoms with E-state index in [1.807, 2.05) is 13.8 Å². The molecule has 4 atom stereocenters. The molecule has 0 aliphatic rings. The average Bonchev–Trinajstić information content (AvgIpc) is 2.90. The van der Waals surface area contributed by atoms with Gasteiger partial charge in [-0.3, -0.25) is 19.4 Å². The van der Waals surface area contributed by atoms with Crippen molar-refractivity contribution in [1.29, 1.82) is 0 Å². The minimum absolute atomic E-state index is 0.0303. The SMILES string of the molecule is CC(C)CC(NC(=O)C(Cc1ccc(O)cc1)NC(=O)C(N)CCCCN)C(=O)NC(CCCN=C(N)N)C(=O)O. The van der Waals surface area contributed by atoms with Gasteiger partial charge in [0.05, 0.1) is 6.04 Å². The highest BCUT2D eigenvalue weighted by Crippen LogP contribution is 2.13. The lowest BCUT2D eigenvalue weighted by Crippen LogP contribution is -2.57. The zero-order valence-electron chi connectivity index (χ0n) is 23.8. The molecular weight excluding hydrogens is 532 g/mol. The minimum atomic E-state index is -1.24. The third-order valence-electron chi connectivity index (χ3n) is 6.22. The van der Waals surface area contributed by atoms with Gasteiger partial charge in [-0.25, -0.2) is 4.79 Å². The molecule has 14 heteroatoms. The second-order valence-corrected chi connectivity index (χ2v) is 10.4. The van der Waals surface area contributed by atoms with Gasteiger partial charge in [0.25, 0.3) is 0 Å². The van der Waals surface area contributed by atoms with E-state index in [9.17, 15) is 29.4 Å². The van der Waals surface area contributed by atoms with Gasteiger partial charge in [-0.15, -0.1) is 0 Å². The van der Waals surface area contributed by atoms with Crippen LogP contribution in [0.4, 0.5) is 0 Å². The fourth-order valence-corrected chi connectivity index (χ4v) is 4.00. The Morgan fingerprint density at radius 3 is 2.00 bits per heavy atom. The van der Waals surface area contributed by atoms with Crippen molar-refractivity contribution in [2.75, 3.05) is 13.1 Å². The summed E-state index contributed by atoms with van der Waals surface area (Å²) in [5.74, 6) is -3.18. The van der Waals surface area contributed by atoms with E-state index in [4.69, 9.17) is 22.9 Å². The molecule has 14 nitrogen and oxygen atoms in total. The normalized spacial score (nSPS) is 13.9. The van der Waals surface area contributed by atoms with E-state index >= 15 is 0 Å². The number of phenols is 1. The van der Waals surface area contributed by atoms with E-state index in [0.717, 1.165) is 0 Å². The van der Waals surface area contributed by atoms with Gasteiger partial charge in [0.2, 0.25) is 17.7 Å². The Morgan fingerprint density at radius 1 is 0.854 bits per heavy atom. The Labute approximate surface area is 240 Å². The van der Waals surface area contributed by atoms with Gasteiger partial charge in [-0.05, 0) is 62.3 Å². The Kier molecular flexibility index (Phi) is 15.8. The predicted octanol–water partition coefficient (Wildman–Crippen LogP) is -0.970. The molecule has 1 rings (SSSR count). The summed E-state index contributed by atoms with van der Waals surface area (Å²) in [6.07, 6.45) is 2.39. The minimum Gasteiger partial charge on any atom is -0.508 e. The van der Waals surface area contributed by atoms with Crippen molar-refractivity contribution in [1.82, 2.24) is 16.0 Å². The number of hydrogen-bond donors (Lipinski definition) is 9. The number of nitrogens with one attached hydrogen (secondary N) is 3. The zero-order valence-corrected chi connectivity index (χ0v) is 23.8. The molecule has 1 aromatic rings. The Balaban J connectivity index is 3.07. The highest BCUT2D eigenvalue weighted by atomic mass is 16.4. The fraction of sp³-hybridized carbons (Fsp3) is 0.593. The first kappa shape index (κ1) is 35.1. The Morgan fingerprint density at radius 2 is 1.44 bits per heavy atom. The molecule has 0 saturated carbocycles. The Hall–Kier alpha value is -3.91. The average molecular weight is 579 g/mol. The first-order chi connectivity index (χ1) is 19.3. The quantitative estimate of drug-likeness (QED) is 0.0551. The molecule has 0 aliphatic carbocycles. The van der Waals surface area contributed by atoms with Crippen molar-refractivity contribution in [3.05, 3.63) is 29.8 Å². The molecular formula is C27H46N8O6. The monoisotopic (exact) mass is 578 g/mol. The summed E-state index contributed by atoms with van der Waals surface area (Å²) in [7, 11) is 0. The molecule has 4 unspecified atom stereocenters. The highest BCUT2D eigenvalue weighted by molar-refractivity contribution is 5.94. The largest absolute Gasteiger partial charge is 0.508 e. The predicted molar refractivity (Wildman–Crippen MR) is 155 cm³/mol. The Bertz CT molecular complexity index is 1010. The second-order valence-electron chi connectivity index (χ2n) is 10.4. The smallest absolute Gasteiger partial charge is 0.326 e. The van der Waals surface area contributed by atoms with Gasteiger partial charge in [0.15, 0.2) is 5.96 Å². The number of carboxylic acid groups (broad SMARTS) is 1. The molecule has 0 radical (unpaired) electrons. The van der Waals surface area contributed by atoms with E-state index in [1.54, 1.807) is 12.1 Å². The van der Waals surface area contributed by atoms with Crippen molar-refractivity contribution in [3.8, 4) is 5.75 Å². The number of hydrogen-bond acceptors (Lipinski definition) is 8. The van der Waals surface area contributed by atoms with Crippen molar-refractivity contribution in [3.63, 3.8) is 0 Å². The van der Waals surface area contributed by atoms with Crippen LogP contribution in [0.2, 0.25) is 0 Å². The number of carbonyl (C=O) groups excluding carboxylic acids is 3. The maximum absolute atomic E-state index is 13.5. The van der Waals surface area contributed by atoms with Crippen molar-refractivity contribution in [2.24, 2.45) is 33.8 Å². The van der Waals surface area contributed by atoms with Crippen LogP contribution in [0.15, 0.2) is 29.3 Å². The van der Waals surface area contributed by atoms with E-state index in [2.05, 4.69) is 20.9 Å². The maximum Gasteiger partial charge on any atom is 0.326 e. The van der Waals surface area contributed by atoms with Gasteiger partial charge >= 0.3 is 5.97 Å². The van der Waals surface area contributed by atoms with Crippen LogP contribution in [0, 0.1) is 5.92 Å². The first-order valence-corrected chi connectivity index (χ1v) is 13.8. The van der Waals surface area contributed by atoms with Crippen LogP contribution >= 0.6 is 0 Å². The lowest BCUT2D eigenvalue weighted by molar-refractivity contribution is -0.142. The number of carboxylic acids is 1. The van der Waals surface area contributed by atoms with Gasteiger partial charge in [-0.2, -0.15) is 0 Å². The van der Waals surface area contributed by atoms with Crippen LogP contribution in [0.3, 0.4) is 0 Å². The van der Waals surface area contributed by atoms with E-state index in [0.29, 0.717) is 37.8 Å². The van der Waals surface area contributed by atoms with Crippen molar-refractivity contribution < 1.29 is 29.4 Å². The molecule has 0 bridgehead atoms. The summed E-state index contributed by atoms with van der Waals surface area (Å²) in [5, 5.41) is 27.1. The number of nitrogens with zero attached hydrogens (tertiary/aromatic N) is 1. The van der Waals surface area contributed by atoms with Crippen LogP contribution in [-0.4, -0.2) is 77.1 Å². The first-order valence-electron chi connectivity index (χ1n) is 13.8. The molecule has 13 N–H and O–H groups in total. The summed E-state index contributed by atoms with van der Waals surface area (Å²) in [6.45, 7) is 4.37. The summed E-state index contributed by atoms with van der Waals surface area (Å²) in [4.78, 5) is 55.0. The number of phenolic OH excluding ortho intramolecular Hbond substituents is 1. The van der Waals surface area contributed by atoms with Crippen molar-refractivity contribution in [2.45, 2.75) is 83.0 Å². The molecule has 0 saturated heterocycles. The number of amides is 3. The molecule has 3 amide bonds. The summed E-state index contributed by atoms with van der Waals surface area (Å²) in [6, 6.07) is 1.90. The lowest BCUT2D eigenvalue weighted by Gasteiger charge is -2.26. The van der Waals surface area contributed by atoms with Gasteiger partial charge < -0.3 is 49.1 Å². The third-order valence-corrected chi connectivity index (χ3v) is 6.22. The summed E-state index contributed by atoms with van der Waals surface area (Å²) in [5.41, 5.74) is 22.8. The van der Waals surface area contributed by atoms with Crippen molar-refractivity contribution >= 4 is 29.7 Å². The zero-order chi connectivity index (χ0) is 30.9. The lowest BCUT2D eigenvalue weighted by atomic mass is 10.00.